The highest BCUT2D eigenvalue weighted by molar-refractivity contribution is 7.13. The van der Waals surface area contributed by atoms with Gasteiger partial charge in [0, 0.05) is 38.9 Å². The second-order valence-electron chi connectivity index (χ2n) is 5.31. The minimum atomic E-state index is -0.114. The summed E-state index contributed by atoms with van der Waals surface area (Å²) in [6, 6.07) is 0. The van der Waals surface area contributed by atoms with Crippen molar-refractivity contribution < 1.29 is 9.59 Å². The van der Waals surface area contributed by atoms with E-state index in [4.69, 9.17) is 5.73 Å². The van der Waals surface area contributed by atoms with Crippen LogP contribution in [0.3, 0.4) is 0 Å². The number of hydrogen-bond donors (Lipinski definition) is 3. The molecule has 134 valence electrons. The van der Waals surface area contributed by atoms with Crippen molar-refractivity contribution in [1.29, 1.82) is 0 Å². The highest BCUT2D eigenvalue weighted by Crippen LogP contribution is 2.16. The second kappa shape index (κ2) is 10.6. The van der Waals surface area contributed by atoms with Crippen LogP contribution in [-0.2, 0) is 16.1 Å². The molecule has 1 heterocycles. The highest BCUT2D eigenvalue weighted by atomic mass is 32.1. The number of thiazole rings is 1. The van der Waals surface area contributed by atoms with Gasteiger partial charge in [0.25, 0.3) is 0 Å². The fourth-order valence-corrected chi connectivity index (χ4v) is 2.56. The van der Waals surface area contributed by atoms with E-state index in [1.54, 1.807) is 4.90 Å². The van der Waals surface area contributed by atoms with E-state index in [0.29, 0.717) is 37.3 Å². The largest absolute Gasteiger partial charge is 0.370 e. The van der Waals surface area contributed by atoms with Gasteiger partial charge in [0.2, 0.25) is 11.8 Å². The van der Waals surface area contributed by atoms with Crippen LogP contribution < -0.4 is 16.4 Å². The number of rotatable bonds is 9. The lowest BCUT2D eigenvalue weighted by molar-refractivity contribution is -0.130. The minimum absolute atomic E-state index is 0.0662. The molecule has 4 N–H and O–H groups in total. The lowest BCUT2D eigenvalue weighted by Gasteiger charge is -2.19. The first-order valence-electron chi connectivity index (χ1n) is 7.93. The van der Waals surface area contributed by atoms with Crippen LogP contribution in [0.2, 0.25) is 0 Å². The predicted octanol–water partition coefficient (Wildman–Crippen LogP) is 1.15. The molecule has 0 fully saturated rings. The van der Waals surface area contributed by atoms with Gasteiger partial charge < -0.3 is 21.3 Å². The fraction of sp³-hybridized carbons (Fsp3) is 0.600. The molecular weight excluding hydrogens is 328 g/mol. The van der Waals surface area contributed by atoms with Gasteiger partial charge in [0.05, 0.1) is 12.2 Å². The van der Waals surface area contributed by atoms with Gasteiger partial charge in [0.15, 0.2) is 11.1 Å². The van der Waals surface area contributed by atoms with Crippen LogP contribution in [0.5, 0.6) is 0 Å². The van der Waals surface area contributed by atoms with Gasteiger partial charge >= 0.3 is 0 Å². The molecule has 0 atom stereocenters. The molecule has 2 amide bonds. The van der Waals surface area contributed by atoms with Crippen molar-refractivity contribution in [3.63, 3.8) is 0 Å². The zero-order chi connectivity index (χ0) is 17.9. The van der Waals surface area contributed by atoms with E-state index in [-0.39, 0.29) is 11.8 Å². The Hall–Kier alpha value is -2.16. The van der Waals surface area contributed by atoms with E-state index >= 15 is 0 Å². The number of anilines is 1. The molecule has 0 bridgehead atoms. The van der Waals surface area contributed by atoms with E-state index in [9.17, 15) is 9.59 Å². The number of nitrogens with one attached hydrogen (secondary N) is 2. The maximum absolute atomic E-state index is 11.7. The third-order valence-electron chi connectivity index (χ3n) is 3.13. The molecular formula is C15H26N6O2S. The first-order chi connectivity index (χ1) is 11.4. The second-order valence-corrected chi connectivity index (χ2v) is 6.17. The summed E-state index contributed by atoms with van der Waals surface area (Å²) in [5, 5.41) is 8.15. The average Bonchev–Trinajstić information content (AvgIpc) is 2.93. The van der Waals surface area contributed by atoms with E-state index in [1.807, 2.05) is 5.38 Å². The summed E-state index contributed by atoms with van der Waals surface area (Å²) in [4.78, 5) is 32.8. The van der Waals surface area contributed by atoms with Gasteiger partial charge in [-0.25, -0.2) is 4.98 Å². The molecule has 9 heteroatoms. The first-order valence-corrected chi connectivity index (χ1v) is 8.81. The Morgan fingerprint density at radius 2 is 2.17 bits per heavy atom. The lowest BCUT2D eigenvalue weighted by atomic mass is 10.3. The standard InChI is InChI=1S/C15H26N6O2S/c1-4-5-6-18-14(16)20-15-19-13(10-24-15)9-21(12(3)23)8-7-17-11(2)22/h10H,4-9H2,1-3H3,(H,17,22)(H3,16,18,19,20). The van der Waals surface area contributed by atoms with Crippen LogP contribution >= 0.6 is 11.3 Å². The molecule has 24 heavy (non-hydrogen) atoms. The summed E-state index contributed by atoms with van der Waals surface area (Å²) in [5.74, 6) is 0.165. The van der Waals surface area contributed by atoms with Gasteiger partial charge in [-0.05, 0) is 6.42 Å². The molecule has 1 rings (SSSR count). The highest BCUT2D eigenvalue weighted by Gasteiger charge is 2.12. The summed E-state index contributed by atoms with van der Waals surface area (Å²) in [6.45, 7) is 6.98. The predicted molar refractivity (Wildman–Crippen MR) is 96.9 cm³/mol. The van der Waals surface area contributed by atoms with Gasteiger partial charge in [-0.2, -0.15) is 0 Å². The van der Waals surface area contributed by atoms with Crippen molar-refractivity contribution in [2.75, 3.05) is 25.0 Å². The Morgan fingerprint density at radius 1 is 1.42 bits per heavy atom. The Balaban J connectivity index is 2.55. The maximum Gasteiger partial charge on any atom is 0.219 e. The van der Waals surface area contributed by atoms with Crippen LogP contribution in [0.4, 0.5) is 5.13 Å². The Bertz CT molecular complexity index is 572. The van der Waals surface area contributed by atoms with Crippen molar-refractivity contribution in [3.8, 4) is 0 Å². The van der Waals surface area contributed by atoms with E-state index in [2.05, 4.69) is 27.5 Å². The van der Waals surface area contributed by atoms with Gasteiger partial charge in [0.1, 0.15) is 0 Å². The molecule has 1 aromatic rings. The van der Waals surface area contributed by atoms with Crippen LogP contribution in [0, 0.1) is 0 Å². The molecule has 0 saturated carbocycles. The number of nitrogens with two attached hydrogens (primary N) is 1. The molecule has 0 unspecified atom stereocenters. The summed E-state index contributed by atoms with van der Waals surface area (Å²) in [5.41, 5.74) is 6.57. The number of carbonyl (C=O) groups excluding carboxylic acids is 2. The van der Waals surface area contributed by atoms with Crippen molar-refractivity contribution >= 4 is 34.2 Å². The van der Waals surface area contributed by atoms with Gasteiger partial charge in [-0.3, -0.25) is 14.6 Å². The van der Waals surface area contributed by atoms with E-state index in [1.165, 1.54) is 25.2 Å². The van der Waals surface area contributed by atoms with Gasteiger partial charge in [-0.15, -0.1) is 11.3 Å². The number of amides is 2. The first kappa shape index (κ1) is 19.9. The summed E-state index contributed by atoms with van der Waals surface area (Å²) >= 11 is 1.41. The third kappa shape index (κ3) is 7.91. The average molecular weight is 354 g/mol. The smallest absolute Gasteiger partial charge is 0.219 e. The number of aromatic nitrogens is 1. The Kier molecular flexibility index (Phi) is 8.77. The number of unbranched alkanes of at least 4 members (excludes halogenated alkanes) is 1. The van der Waals surface area contributed by atoms with Crippen molar-refractivity contribution in [2.45, 2.75) is 40.2 Å². The number of carbonyl (C=O) groups is 2. The Morgan fingerprint density at radius 3 is 2.79 bits per heavy atom. The minimum Gasteiger partial charge on any atom is -0.370 e. The van der Waals surface area contributed by atoms with E-state index in [0.717, 1.165) is 18.5 Å². The van der Waals surface area contributed by atoms with Crippen molar-refractivity contribution in [3.05, 3.63) is 11.1 Å². The third-order valence-corrected chi connectivity index (χ3v) is 3.94. The number of aliphatic imine (C=N–C) groups is 1. The normalized spacial score (nSPS) is 11.2. The zero-order valence-corrected chi connectivity index (χ0v) is 15.3. The zero-order valence-electron chi connectivity index (χ0n) is 14.5. The van der Waals surface area contributed by atoms with Crippen LogP contribution in [0.1, 0.15) is 39.3 Å². The number of hydrogen-bond acceptors (Lipinski definition) is 5. The van der Waals surface area contributed by atoms with Crippen LogP contribution in [0.15, 0.2) is 10.4 Å². The molecule has 0 radical (unpaired) electrons. The summed E-state index contributed by atoms with van der Waals surface area (Å²) < 4.78 is 0. The molecule has 0 aliphatic heterocycles. The number of nitrogens with zero attached hydrogens (tertiary/aromatic N) is 3. The monoisotopic (exact) mass is 354 g/mol. The topological polar surface area (TPSA) is 113 Å². The van der Waals surface area contributed by atoms with Crippen molar-refractivity contribution in [1.82, 2.24) is 15.2 Å². The summed E-state index contributed by atoms with van der Waals surface area (Å²) in [6.07, 6.45) is 2.06. The Labute approximate surface area is 146 Å². The molecule has 0 spiro atoms. The molecule has 0 aliphatic rings. The molecule has 8 nitrogen and oxygen atoms in total. The molecule has 0 saturated heterocycles. The SMILES string of the molecule is CCCCN=C(N)Nc1nc(CN(CCNC(C)=O)C(C)=O)cs1. The van der Waals surface area contributed by atoms with Crippen LogP contribution in [0.25, 0.3) is 0 Å². The molecule has 1 aromatic heterocycles. The number of guanidine groups is 1. The van der Waals surface area contributed by atoms with Crippen LogP contribution in [-0.4, -0.2) is 47.3 Å². The fourth-order valence-electron chi connectivity index (χ4n) is 1.85. The maximum atomic E-state index is 11.7. The quantitative estimate of drug-likeness (QED) is 0.350. The van der Waals surface area contributed by atoms with E-state index < -0.39 is 0 Å². The lowest BCUT2D eigenvalue weighted by Crippen LogP contribution is -2.36. The molecule has 0 aromatic carbocycles. The van der Waals surface area contributed by atoms with Gasteiger partial charge in [-0.1, -0.05) is 13.3 Å². The molecule has 0 aliphatic carbocycles. The summed E-state index contributed by atoms with van der Waals surface area (Å²) in [7, 11) is 0. The van der Waals surface area contributed by atoms with Crippen molar-refractivity contribution in [2.24, 2.45) is 10.7 Å².